The molecule has 1 heterocycles. The van der Waals surface area contributed by atoms with E-state index in [2.05, 4.69) is 10.3 Å². The molecule has 0 spiro atoms. The van der Waals surface area contributed by atoms with E-state index in [0.29, 0.717) is 11.5 Å². The molecule has 1 aromatic heterocycles. The van der Waals surface area contributed by atoms with Gasteiger partial charge in [0, 0.05) is 11.6 Å². The van der Waals surface area contributed by atoms with E-state index in [1.165, 1.54) is 0 Å². The van der Waals surface area contributed by atoms with Crippen LogP contribution in [0.15, 0.2) is 36.5 Å². The second kappa shape index (κ2) is 5.52. The number of carbonyl (C=O) groups excluding carboxylic acids is 1. The minimum absolute atomic E-state index is 0.106. The fourth-order valence-electron chi connectivity index (χ4n) is 1.80. The molecule has 0 unspecified atom stereocenters. The molecule has 0 fully saturated rings. The zero-order valence-corrected chi connectivity index (χ0v) is 11.1. The lowest BCUT2D eigenvalue weighted by Crippen LogP contribution is -2.23. The quantitative estimate of drug-likeness (QED) is 0.688. The fraction of sp³-hybridized carbons (Fsp3) is 0.231. The van der Waals surface area contributed by atoms with Gasteiger partial charge in [0.25, 0.3) is 0 Å². The molecule has 1 amide bonds. The van der Waals surface area contributed by atoms with Crippen molar-refractivity contribution in [2.24, 2.45) is 0 Å². The van der Waals surface area contributed by atoms with Crippen molar-refractivity contribution in [2.45, 2.75) is 19.8 Å². The summed E-state index contributed by atoms with van der Waals surface area (Å²) in [5.74, 6) is -0.0996. The lowest BCUT2D eigenvalue weighted by Gasteiger charge is -2.07. The van der Waals surface area contributed by atoms with Crippen LogP contribution in [0.3, 0.4) is 0 Å². The van der Waals surface area contributed by atoms with Crippen molar-refractivity contribution >= 4 is 17.5 Å². The van der Waals surface area contributed by atoms with Crippen LogP contribution in [-0.4, -0.2) is 20.5 Å². The number of para-hydroxylation sites is 1. The topological polar surface area (TPSA) is 90.1 Å². The molecule has 1 aromatic carbocycles. The lowest BCUT2D eigenvalue weighted by atomic mass is 10.2. The number of benzene rings is 1. The Kier molecular flexibility index (Phi) is 3.79. The predicted molar refractivity (Wildman–Crippen MR) is 73.8 cm³/mol. The van der Waals surface area contributed by atoms with Gasteiger partial charge in [-0.15, -0.1) is 4.57 Å². The van der Waals surface area contributed by atoms with E-state index >= 15 is 0 Å². The highest BCUT2D eigenvalue weighted by Crippen LogP contribution is 2.21. The zero-order chi connectivity index (χ0) is 14.7. The number of amides is 1. The maximum absolute atomic E-state index is 12.2. The lowest BCUT2D eigenvalue weighted by molar-refractivity contribution is -0.390. The maximum atomic E-state index is 12.2. The number of nitrogens with zero attached hydrogens (tertiary/aromatic N) is 3. The van der Waals surface area contributed by atoms with Crippen molar-refractivity contribution in [2.75, 3.05) is 5.32 Å². The molecular weight excluding hydrogens is 260 g/mol. The summed E-state index contributed by atoms with van der Waals surface area (Å²) >= 11 is 0. The van der Waals surface area contributed by atoms with Gasteiger partial charge in [0.1, 0.15) is 6.20 Å². The van der Waals surface area contributed by atoms with Gasteiger partial charge in [0.05, 0.1) is 0 Å². The first kappa shape index (κ1) is 13.7. The molecule has 1 N–H and O–H groups in total. The number of carbonyl (C=O) groups is 1. The summed E-state index contributed by atoms with van der Waals surface area (Å²) in [4.78, 5) is 26.6. The smallest absolute Gasteiger partial charge is 0.358 e. The molecule has 0 aliphatic rings. The largest absolute Gasteiger partial charge is 0.419 e. The number of hydrogen-bond donors (Lipinski definition) is 1. The first-order valence-electron chi connectivity index (χ1n) is 6.09. The van der Waals surface area contributed by atoms with Gasteiger partial charge < -0.3 is 10.1 Å². The first-order valence-corrected chi connectivity index (χ1v) is 6.09. The number of anilines is 1. The molecule has 2 aromatic rings. The van der Waals surface area contributed by atoms with Crippen LogP contribution in [0.1, 0.15) is 25.6 Å². The summed E-state index contributed by atoms with van der Waals surface area (Å²) in [7, 11) is 0. The Morgan fingerprint density at radius 2 is 2.00 bits per heavy atom. The summed E-state index contributed by atoms with van der Waals surface area (Å²) in [5.41, 5.74) is 0.565. The molecule has 0 atom stereocenters. The molecule has 7 nitrogen and oxygen atoms in total. The highest BCUT2D eigenvalue weighted by atomic mass is 16.6. The van der Waals surface area contributed by atoms with E-state index in [-0.39, 0.29) is 11.7 Å². The minimum atomic E-state index is -0.622. The van der Waals surface area contributed by atoms with E-state index in [1.54, 1.807) is 24.3 Å². The molecule has 104 valence electrons. The van der Waals surface area contributed by atoms with Crippen molar-refractivity contribution in [3.05, 3.63) is 52.5 Å². The second-order valence-corrected chi connectivity index (χ2v) is 4.52. The number of aromatic nitrogens is 2. The van der Waals surface area contributed by atoms with Crippen LogP contribution in [0.25, 0.3) is 0 Å². The summed E-state index contributed by atoms with van der Waals surface area (Å²) in [5, 5.41) is 13.6. The third-order valence-corrected chi connectivity index (χ3v) is 2.70. The van der Waals surface area contributed by atoms with Crippen molar-refractivity contribution in [3.8, 4) is 0 Å². The van der Waals surface area contributed by atoms with Crippen molar-refractivity contribution < 1.29 is 9.72 Å². The van der Waals surface area contributed by atoms with Gasteiger partial charge in [-0.1, -0.05) is 32.0 Å². The third kappa shape index (κ3) is 2.66. The van der Waals surface area contributed by atoms with Gasteiger partial charge in [-0.2, -0.15) is 0 Å². The van der Waals surface area contributed by atoms with Crippen LogP contribution in [0.5, 0.6) is 0 Å². The van der Waals surface area contributed by atoms with Crippen LogP contribution < -0.4 is 5.32 Å². The van der Waals surface area contributed by atoms with Crippen LogP contribution in [0.4, 0.5) is 16.3 Å². The SMILES string of the molecule is CC(C)c1ncc([N+](=O)[O-])n1C(=O)Nc1ccccc1. The molecule has 0 bridgehead atoms. The van der Waals surface area contributed by atoms with Crippen molar-refractivity contribution in [1.29, 1.82) is 0 Å². The van der Waals surface area contributed by atoms with Crippen molar-refractivity contribution in [1.82, 2.24) is 9.55 Å². The monoisotopic (exact) mass is 274 g/mol. The zero-order valence-electron chi connectivity index (χ0n) is 11.1. The normalized spacial score (nSPS) is 10.6. The van der Waals surface area contributed by atoms with Crippen LogP contribution in [0.2, 0.25) is 0 Å². The van der Waals surface area contributed by atoms with Gasteiger partial charge in [0.2, 0.25) is 5.82 Å². The van der Waals surface area contributed by atoms with E-state index < -0.39 is 11.0 Å². The number of nitro groups is 1. The van der Waals surface area contributed by atoms with Gasteiger partial charge >= 0.3 is 11.8 Å². The minimum Gasteiger partial charge on any atom is -0.358 e. The maximum Gasteiger partial charge on any atom is 0.419 e. The van der Waals surface area contributed by atoms with E-state index in [4.69, 9.17) is 0 Å². The highest BCUT2D eigenvalue weighted by molar-refractivity contribution is 5.92. The van der Waals surface area contributed by atoms with Gasteiger partial charge in [-0.05, 0) is 17.1 Å². The summed E-state index contributed by atoms with van der Waals surface area (Å²) in [6.45, 7) is 3.64. The van der Waals surface area contributed by atoms with Gasteiger partial charge in [-0.3, -0.25) is 5.32 Å². The Bertz CT molecular complexity index is 634. The average Bonchev–Trinajstić information content (AvgIpc) is 2.84. The highest BCUT2D eigenvalue weighted by Gasteiger charge is 2.28. The average molecular weight is 274 g/mol. The number of imidazole rings is 1. The fourth-order valence-corrected chi connectivity index (χ4v) is 1.80. The van der Waals surface area contributed by atoms with Crippen LogP contribution in [0, 0.1) is 10.1 Å². The summed E-state index contributed by atoms with van der Waals surface area (Å²) in [6.07, 6.45) is 1.10. The Balaban J connectivity index is 2.37. The molecule has 0 radical (unpaired) electrons. The van der Waals surface area contributed by atoms with E-state index in [0.717, 1.165) is 10.8 Å². The van der Waals surface area contributed by atoms with E-state index in [9.17, 15) is 14.9 Å². The molecule has 0 aliphatic carbocycles. The third-order valence-electron chi connectivity index (χ3n) is 2.70. The number of hydrogen-bond acceptors (Lipinski definition) is 4. The Labute approximate surface area is 115 Å². The van der Waals surface area contributed by atoms with Crippen LogP contribution in [-0.2, 0) is 0 Å². The van der Waals surface area contributed by atoms with Gasteiger partial charge in [-0.25, -0.2) is 9.78 Å². The molecule has 0 aliphatic heterocycles. The second-order valence-electron chi connectivity index (χ2n) is 4.52. The number of rotatable bonds is 3. The molecule has 2 rings (SSSR count). The Morgan fingerprint density at radius 3 is 2.55 bits per heavy atom. The molecular formula is C13H14N4O3. The predicted octanol–water partition coefficient (Wildman–Crippen LogP) is 2.99. The standard InChI is InChI=1S/C13H14N4O3/c1-9(2)12-14-8-11(17(19)20)16(12)13(18)15-10-6-4-3-5-7-10/h3-9H,1-2H3,(H,15,18). The molecule has 0 saturated heterocycles. The van der Waals surface area contributed by atoms with E-state index in [1.807, 2.05) is 19.9 Å². The van der Waals surface area contributed by atoms with Gasteiger partial charge in [0.15, 0.2) is 0 Å². The summed E-state index contributed by atoms with van der Waals surface area (Å²) < 4.78 is 0.998. The first-order chi connectivity index (χ1) is 9.50. The van der Waals surface area contributed by atoms with Crippen LogP contribution >= 0.6 is 0 Å². The van der Waals surface area contributed by atoms with Crippen molar-refractivity contribution in [3.63, 3.8) is 0 Å². The molecule has 7 heteroatoms. The Morgan fingerprint density at radius 1 is 1.35 bits per heavy atom. The Hall–Kier alpha value is -2.70. The summed E-state index contributed by atoms with van der Waals surface area (Å²) in [6, 6.07) is 8.16. The molecule has 20 heavy (non-hydrogen) atoms. The number of nitrogens with one attached hydrogen (secondary N) is 1. The molecule has 0 saturated carbocycles.